The third-order valence-electron chi connectivity index (χ3n) is 1.40. The molecule has 14 heavy (non-hydrogen) atoms. The van der Waals surface area contributed by atoms with Gasteiger partial charge in [0, 0.05) is 19.4 Å². The average Bonchev–Trinajstić information content (AvgIpc) is 2.24. The standard InChI is InChI=1S/C7H8N2O3.C2H6/c1-8-7(12)4-2-9-3-5(10)6(4)11;1-2/h2-3,10H,1H3,(H,8,12)(H,9,11);1-2H3. The van der Waals surface area contributed by atoms with E-state index in [-0.39, 0.29) is 5.56 Å². The van der Waals surface area contributed by atoms with Crippen molar-refractivity contribution in [2.75, 3.05) is 7.05 Å². The molecule has 0 atom stereocenters. The Hall–Kier alpha value is -1.78. The molecule has 0 aliphatic rings. The number of nitrogens with one attached hydrogen (secondary N) is 2. The lowest BCUT2D eigenvalue weighted by Gasteiger charge is -1.97. The van der Waals surface area contributed by atoms with Gasteiger partial charge in [-0.15, -0.1) is 0 Å². The maximum atomic E-state index is 11.0. The van der Waals surface area contributed by atoms with E-state index in [1.54, 1.807) is 0 Å². The highest BCUT2D eigenvalue weighted by Crippen LogP contribution is 1.98. The zero-order chi connectivity index (χ0) is 11.1. The van der Waals surface area contributed by atoms with Gasteiger partial charge in [-0.05, 0) is 0 Å². The van der Waals surface area contributed by atoms with Crippen molar-refractivity contribution in [1.82, 2.24) is 10.3 Å². The average molecular weight is 198 g/mol. The summed E-state index contributed by atoms with van der Waals surface area (Å²) in [6, 6.07) is 0. The van der Waals surface area contributed by atoms with Gasteiger partial charge in [-0.25, -0.2) is 0 Å². The first-order valence-corrected chi connectivity index (χ1v) is 4.29. The van der Waals surface area contributed by atoms with Crippen molar-refractivity contribution in [2.45, 2.75) is 13.8 Å². The fraction of sp³-hybridized carbons (Fsp3) is 0.333. The number of amides is 1. The third-order valence-corrected chi connectivity index (χ3v) is 1.40. The number of carbonyl (C=O) groups excluding carboxylic acids is 1. The Bertz CT molecular complexity index is 357. The van der Waals surface area contributed by atoms with Gasteiger partial charge in [0.05, 0.1) is 0 Å². The molecule has 0 saturated carbocycles. The monoisotopic (exact) mass is 198 g/mol. The number of aromatic amines is 1. The van der Waals surface area contributed by atoms with E-state index < -0.39 is 17.1 Å². The van der Waals surface area contributed by atoms with Crippen LogP contribution in [0.3, 0.4) is 0 Å². The zero-order valence-electron chi connectivity index (χ0n) is 8.42. The Morgan fingerprint density at radius 2 is 2.00 bits per heavy atom. The van der Waals surface area contributed by atoms with Gasteiger partial charge in [-0.2, -0.15) is 0 Å². The number of carbonyl (C=O) groups is 1. The molecule has 1 amide bonds. The van der Waals surface area contributed by atoms with Crippen molar-refractivity contribution < 1.29 is 9.90 Å². The van der Waals surface area contributed by atoms with E-state index >= 15 is 0 Å². The molecule has 5 nitrogen and oxygen atoms in total. The molecule has 1 rings (SSSR count). The lowest BCUT2D eigenvalue weighted by molar-refractivity contribution is 0.0961. The molecule has 0 aliphatic carbocycles. The Labute approximate surface area is 81.8 Å². The number of hydrogen-bond acceptors (Lipinski definition) is 3. The molecule has 1 aromatic heterocycles. The second-order valence-corrected chi connectivity index (χ2v) is 2.16. The SMILES string of the molecule is CC.CNC(=O)c1c[nH]cc(O)c1=O. The van der Waals surface area contributed by atoms with Crippen molar-refractivity contribution in [2.24, 2.45) is 0 Å². The molecule has 0 unspecified atom stereocenters. The summed E-state index contributed by atoms with van der Waals surface area (Å²) < 4.78 is 0. The van der Waals surface area contributed by atoms with Gasteiger partial charge in [-0.1, -0.05) is 13.8 Å². The van der Waals surface area contributed by atoms with E-state index in [9.17, 15) is 9.59 Å². The van der Waals surface area contributed by atoms with E-state index in [0.717, 1.165) is 6.20 Å². The first-order chi connectivity index (χ1) is 6.66. The van der Waals surface area contributed by atoms with Gasteiger partial charge in [0.2, 0.25) is 5.43 Å². The number of aromatic hydroxyl groups is 1. The summed E-state index contributed by atoms with van der Waals surface area (Å²) in [7, 11) is 1.41. The molecule has 0 saturated heterocycles. The second-order valence-electron chi connectivity index (χ2n) is 2.16. The minimum absolute atomic E-state index is 0.0995. The van der Waals surface area contributed by atoms with E-state index in [0.29, 0.717) is 0 Å². The third kappa shape index (κ3) is 2.62. The lowest BCUT2D eigenvalue weighted by Crippen LogP contribution is -2.25. The molecule has 0 fully saturated rings. The van der Waals surface area contributed by atoms with E-state index in [1.165, 1.54) is 13.2 Å². The summed E-state index contributed by atoms with van der Waals surface area (Å²) in [6.45, 7) is 4.00. The van der Waals surface area contributed by atoms with Gasteiger partial charge >= 0.3 is 0 Å². The highest BCUT2D eigenvalue weighted by Gasteiger charge is 2.09. The van der Waals surface area contributed by atoms with Crippen LogP contribution in [0.15, 0.2) is 17.2 Å². The molecular formula is C9H14N2O3. The topological polar surface area (TPSA) is 82.2 Å². The lowest BCUT2D eigenvalue weighted by atomic mass is 10.2. The summed E-state index contributed by atoms with van der Waals surface area (Å²) >= 11 is 0. The summed E-state index contributed by atoms with van der Waals surface area (Å²) in [4.78, 5) is 24.5. The molecule has 0 aliphatic heterocycles. The normalized spacial score (nSPS) is 8.50. The molecule has 1 heterocycles. The smallest absolute Gasteiger partial charge is 0.256 e. The number of aromatic nitrogens is 1. The maximum Gasteiger partial charge on any atom is 0.256 e. The molecule has 78 valence electrons. The van der Waals surface area contributed by atoms with Gasteiger partial charge < -0.3 is 15.4 Å². The Balaban J connectivity index is 0.000000791. The van der Waals surface area contributed by atoms with E-state index in [2.05, 4.69) is 10.3 Å². The number of hydrogen-bond donors (Lipinski definition) is 3. The zero-order valence-corrected chi connectivity index (χ0v) is 8.42. The molecule has 0 aromatic carbocycles. The summed E-state index contributed by atoms with van der Waals surface area (Å²) in [5, 5.41) is 11.2. The van der Waals surface area contributed by atoms with Crippen molar-refractivity contribution in [3.63, 3.8) is 0 Å². The Morgan fingerprint density at radius 1 is 1.43 bits per heavy atom. The summed E-state index contributed by atoms with van der Waals surface area (Å²) in [5.74, 6) is -0.983. The first kappa shape index (κ1) is 12.2. The number of pyridine rings is 1. The molecule has 1 aromatic rings. The fourth-order valence-electron chi connectivity index (χ4n) is 0.776. The Kier molecular flexibility index (Phi) is 5.06. The summed E-state index contributed by atoms with van der Waals surface area (Å²) in [5.41, 5.74) is -0.773. The van der Waals surface area contributed by atoms with E-state index in [4.69, 9.17) is 5.11 Å². The van der Waals surface area contributed by atoms with Gasteiger partial charge in [0.25, 0.3) is 5.91 Å². The van der Waals surface area contributed by atoms with E-state index in [1.807, 2.05) is 13.8 Å². The fourth-order valence-corrected chi connectivity index (χ4v) is 0.776. The van der Waals surface area contributed by atoms with Gasteiger partial charge in [-0.3, -0.25) is 9.59 Å². The molecule has 5 heteroatoms. The van der Waals surface area contributed by atoms with Crippen LogP contribution in [0.25, 0.3) is 0 Å². The van der Waals surface area contributed by atoms with Crippen LogP contribution in [0.1, 0.15) is 24.2 Å². The molecule has 0 radical (unpaired) electrons. The van der Waals surface area contributed by atoms with Crippen LogP contribution in [-0.4, -0.2) is 23.0 Å². The van der Waals surface area contributed by atoms with Crippen LogP contribution >= 0.6 is 0 Å². The highest BCUT2D eigenvalue weighted by atomic mass is 16.3. The van der Waals surface area contributed by atoms with Crippen LogP contribution < -0.4 is 10.7 Å². The quantitative estimate of drug-likeness (QED) is 0.613. The highest BCUT2D eigenvalue weighted by molar-refractivity contribution is 5.93. The van der Waals surface area contributed by atoms with Crippen LogP contribution in [0.5, 0.6) is 5.75 Å². The van der Waals surface area contributed by atoms with Crippen molar-refractivity contribution in [3.05, 3.63) is 28.2 Å². The molecular weight excluding hydrogens is 184 g/mol. The maximum absolute atomic E-state index is 11.0. The van der Waals surface area contributed by atoms with Crippen molar-refractivity contribution >= 4 is 5.91 Å². The van der Waals surface area contributed by atoms with Crippen molar-refractivity contribution in [3.8, 4) is 5.75 Å². The van der Waals surface area contributed by atoms with Crippen LogP contribution in [0.4, 0.5) is 0 Å². The van der Waals surface area contributed by atoms with Crippen molar-refractivity contribution in [1.29, 1.82) is 0 Å². The second kappa shape index (κ2) is 5.80. The minimum Gasteiger partial charge on any atom is -0.503 e. The first-order valence-electron chi connectivity index (χ1n) is 4.29. The van der Waals surface area contributed by atoms with Gasteiger partial charge in [0.15, 0.2) is 5.75 Å². The predicted molar refractivity (Wildman–Crippen MR) is 53.5 cm³/mol. The Morgan fingerprint density at radius 3 is 2.50 bits per heavy atom. The minimum atomic E-state index is -0.673. The van der Waals surface area contributed by atoms with Gasteiger partial charge in [0.1, 0.15) is 5.56 Å². The van der Waals surface area contributed by atoms with Crippen LogP contribution in [-0.2, 0) is 0 Å². The molecule has 0 spiro atoms. The van der Waals surface area contributed by atoms with Crippen LogP contribution in [0, 0.1) is 0 Å². The predicted octanol–water partition coefficient (Wildman–Crippen LogP) is 0.466. The number of H-pyrrole nitrogens is 1. The number of rotatable bonds is 1. The summed E-state index contributed by atoms with van der Waals surface area (Å²) in [6.07, 6.45) is 2.36. The largest absolute Gasteiger partial charge is 0.503 e. The molecule has 3 N–H and O–H groups in total. The van der Waals surface area contributed by atoms with Crippen LogP contribution in [0.2, 0.25) is 0 Å². The molecule has 0 bridgehead atoms.